The molecule has 0 saturated heterocycles. The molecule has 0 aliphatic heterocycles. The monoisotopic (exact) mass is 359 g/mol. The van der Waals surface area contributed by atoms with E-state index in [9.17, 15) is 0 Å². The van der Waals surface area contributed by atoms with E-state index in [0.717, 1.165) is 40.5 Å². The average Bonchev–Trinajstić information content (AvgIpc) is 3.12. The summed E-state index contributed by atoms with van der Waals surface area (Å²) in [5.41, 5.74) is 2.86. The highest BCUT2D eigenvalue weighted by Crippen LogP contribution is 2.19. The van der Waals surface area contributed by atoms with Gasteiger partial charge in [0, 0.05) is 12.8 Å². The number of hydrogen-bond donors (Lipinski definition) is 0. The first-order valence-corrected chi connectivity index (χ1v) is 9.11. The van der Waals surface area contributed by atoms with Gasteiger partial charge in [-0.25, -0.2) is 4.98 Å². The van der Waals surface area contributed by atoms with Crippen molar-refractivity contribution in [3.05, 3.63) is 90.3 Å². The molecule has 0 saturated carbocycles. The third kappa shape index (κ3) is 4.67. The molecule has 0 N–H and O–H groups in total. The van der Waals surface area contributed by atoms with Crippen LogP contribution in [0.1, 0.15) is 17.9 Å². The van der Waals surface area contributed by atoms with Gasteiger partial charge in [0.2, 0.25) is 0 Å². The Morgan fingerprint density at radius 1 is 0.704 bits per heavy atom. The zero-order valence-electron chi connectivity index (χ0n) is 15.0. The summed E-state index contributed by atoms with van der Waals surface area (Å²) in [4.78, 5) is 4.51. The van der Waals surface area contributed by atoms with Crippen molar-refractivity contribution in [3.8, 4) is 11.5 Å². The highest BCUT2D eigenvalue weighted by molar-refractivity contribution is 5.72. The first kappa shape index (κ1) is 17.2. The normalized spacial score (nSPS) is 10.8. The second kappa shape index (κ2) is 8.41. The molecule has 0 aliphatic carbocycles. The zero-order valence-corrected chi connectivity index (χ0v) is 15.0. The number of nitrogens with zero attached hydrogens (tertiary/aromatic N) is 1. The molecule has 27 heavy (non-hydrogen) atoms. The molecule has 4 rings (SSSR count). The molecule has 0 spiro atoms. The van der Waals surface area contributed by atoms with Gasteiger partial charge in [-0.05, 0) is 42.0 Å². The van der Waals surface area contributed by atoms with Gasteiger partial charge in [-0.3, -0.25) is 0 Å². The summed E-state index contributed by atoms with van der Waals surface area (Å²) in [7, 11) is 0. The van der Waals surface area contributed by atoms with E-state index in [4.69, 9.17) is 13.9 Å². The molecule has 1 aromatic heterocycles. The van der Waals surface area contributed by atoms with E-state index >= 15 is 0 Å². The molecule has 4 aromatic rings. The third-order valence-electron chi connectivity index (χ3n) is 4.19. The molecule has 0 amide bonds. The molecule has 3 aromatic carbocycles. The van der Waals surface area contributed by atoms with Gasteiger partial charge in [0.25, 0.3) is 0 Å². The van der Waals surface area contributed by atoms with Gasteiger partial charge in [0.1, 0.15) is 17.0 Å². The predicted molar refractivity (Wildman–Crippen MR) is 105 cm³/mol. The number of hydrogen-bond acceptors (Lipinski definition) is 4. The Labute approximate surface area is 158 Å². The van der Waals surface area contributed by atoms with E-state index in [0.29, 0.717) is 19.6 Å². The summed E-state index contributed by atoms with van der Waals surface area (Å²) in [5.74, 6) is 2.47. The quantitative estimate of drug-likeness (QED) is 0.402. The number of ether oxygens (including phenoxy) is 2. The summed E-state index contributed by atoms with van der Waals surface area (Å²) in [6.07, 6.45) is 1.50. The topological polar surface area (TPSA) is 44.5 Å². The van der Waals surface area contributed by atoms with Crippen LogP contribution in [-0.4, -0.2) is 18.2 Å². The first-order valence-electron chi connectivity index (χ1n) is 9.11. The van der Waals surface area contributed by atoms with Gasteiger partial charge in [-0.1, -0.05) is 42.5 Å². The van der Waals surface area contributed by atoms with Crippen molar-refractivity contribution in [3.63, 3.8) is 0 Å². The van der Waals surface area contributed by atoms with Crippen LogP contribution in [0, 0.1) is 0 Å². The van der Waals surface area contributed by atoms with E-state index in [2.05, 4.69) is 4.98 Å². The summed E-state index contributed by atoms with van der Waals surface area (Å²) >= 11 is 0. The van der Waals surface area contributed by atoms with Crippen molar-refractivity contribution < 1.29 is 13.9 Å². The second-order valence-electron chi connectivity index (χ2n) is 6.26. The lowest BCUT2D eigenvalue weighted by Crippen LogP contribution is -2.04. The second-order valence-corrected chi connectivity index (χ2v) is 6.26. The van der Waals surface area contributed by atoms with E-state index < -0.39 is 0 Å². The Morgan fingerprint density at radius 3 is 2.11 bits per heavy atom. The molecular weight excluding hydrogens is 338 g/mol. The van der Waals surface area contributed by atoms with Crippen LogP contribution in [-0.2, 0) is 6.42 Å². The Hall–Kier alpha value is -3.27. The maximum atomic E-state index is 5.78. The molecular formula is C23H21NO3. The Bertz CT molecular complexity index is 944. The lowest BCUT2D eigenvalue weighted by molar-refractivity contribution is 0.247. The molecule has 0 radical (unpaired) electrons. The van der Waals surface area contributed by atoms with Crippen LogP contribution in [0.4, 0.5) is 0 Å². The van der Waals surface area contributed by atoms with Crippen LogP contribution in [0.2, 0.25) is 0 Å². The highest BCUT2D eigenvalue weighted by Gasteiger charge is 2.06. The Kier molecular flexibility index (Phi) is 5.34. The fraction of sp³-hybridized carbons (Fsp3) is 0.174. The molecule has 0 bridgehead atoms. The number of fused-ring (bicyclic) bond motifs is 1. The van der Waals surface area contributed by atoms with Crippen LogP contribution in [0.15, 0.2) is 83.3 Å². The lowest BCUT2D eigenvalue weighted by atomic mass is 10.1. The van der Waals surface area contributed by atoms with Crippen LogP contribution in [0.5, 0.6) is 11.5 Å². The molecule has 0 fully saturated rings. The minimum atomic E-state index is 0.622. The number of oxazole rings is 1. The van der Waals surface area contributed by atoms with Crippen molar-refractivity contribution in [1.82, 2.24) is 4.98 Å². The van der Waals surface area contributed by atoms with Crippen molar-refractivity contribution in [1.29, 1.82) is 0 Å². The van der Waals surface area contributed by atoms with Crippen LogP contribution < -0.4 is 9.47 Å². The molecule has 0 unspecified atom stereocenters. The van der Waals surface area contributed by atoms with Gasteiger partial charge < -0.3 is 13.9 Å². The Balaban J connectivity index is 1.24. The van der Waals surface area contributed by atoms with E-state index in [1.54, 1.807) is 0 Å². The maximum absolute atomic E-state index is 5.78. The number of aromatic nitrogens is 1. The fourth-order valence-corrected chi connectivity index (χ4v) is 2.83. The molecule has 4 nitrogen and oxygen atoms in total. The van der Waals surface area contributed by atoms with Crippen molar-refractivity contribution >= 4 is 11.1 Å². The SMILES string of the molecule is c1ccc(OCCCOc2ccc(Cc3nc4ccccc4o3)cc2)cc1. The Morgan fingerprint density at radius 2 is 1.37 bits per heavy atom. The van der Waals surface area contributed by atoms with Crippen molar-refractivity contribution in [2.75, 3.05) is 13.2 Å². The molecule has 136 valence electrons. The van der Waals surface area contributed by atoms with E-state index in [1.165, 1.54) is 0 Å². The molecule has 4 heteroatoms. The highest BCUT2D eigenvalue weighted by atomic mass is 16.5. The van der Waals surface area contributed by atoms with E-state index in [-0.39, 0.29) is 0 Å². The summed E-state index contributed by atoms with van der Waals surface area (Å²) in [5, 5.41) is 0. The van der Waals surface area contributed by atoms with Crippen molar-refractivity contribution in [2.45, 2.75) is 12.8 Å². The summed E-state index contributed by atoms with van der Waals surface area (Å²) in [6, 6.07) is 25.7. The van der Waals surface area contributed by atoms with Gasteiger partial charge in [-0.2, -0.15) is 0 Å². The zero-order chi connectivity index (χ0) is 18.3. The largest absolute Gasteiger partial charge is 0.493 e. The minimum absolute atomic E-state index is 0.622. The number of rotatable bonds is 8. The lowest BCUT2D eigenvalue weighted by Gasteiger charge is -2.08. The van der Waals surface area contributed by atoms with Gasteiger partial charge in [0.05, 0.1) is 13.2 Å². The van der Waals surface area contributed by atoms with Crippen LogP contribution >= 0.6 is 0 Å². The van der Waals surface area contributed by atoms with Gasteiger partial charge >= 0.3 is 0 Å². The number of para-hydroxylation sites is 3. The molecule has 0 atom stereocenters. The minimum Gasteiger partial charge on any atom is -0.493 e. The number of benzene rings is 3. The fourth-order valence-electron chi connectivity index (χ4n) is 2.83. The maximum Gasteiger partial charge on any atom is 0.199 e. The third-order valence-corrected chi connectivity index (χ3v) is 4.19. The van der Waals surface area contributed by atoms with Crippen LogP contribution in [0.3, 0.4) is 0 Å². The summed E-state index contributed by atoms with van der Waals surface area (Å²) in [6.45, 7) is 1.26. The van der Waals surface area contributed by atoms with Gasteiger partial charge in [0.15, 0.2) is 11.5 Å². The summed E-state index contributed by atoms with van der Waals surface area (Å²) < 4.78 is 17.2. The van der Waals surface area contributed by atoms with Crippen LogP contribution in [0.25, 0.3) is 11.1 Å². The molecule has 1 heterocycles. The average molecular weight is 359 g/mol. The van der Waals surface area contributed by atoms with Gasteiger partial charge in [-0.15, -0.1) is 0 Å². The molecule has 0 aliphatic rings. The standard InChI is InChI=1S/C23H21NO3/c1-2-7-19(8-3-1)25-15-6-16-26-20-13-11-18(12-14-20)17-23-24-21-9-4-5-10-22(21)27-23/h1-5,7-14H,6,15-17H2. The van der Waals surface area contributed by atoms with E-state index in [1.807, 2.05) is 78.9 Å². The first-order chi connectivity index (χ1) is 13.4. The smallest absolute Gasteiger partial charge is 0.199 e. The van der Waals surface area contributed by atoms with Crippen molar-refractivity contribution in [2.24, 2.45) is 0 Å². The predicted octanol–water partition coefficient (Wildman–Crippen LogP) is 5.27.